The van der Waals surface area contributed by atoms with Crippen LogP contribution in [0.1, 0.15) is 30.4 Å². The molecule has 0 amide bonds. The molecule has 3 fully saturated rings. The predicted octanol–water partition coefficient (Wildman–Crippen LogP) is 3.74. The molecule has 2 bridgehead atoms. The fourth-order valence-corrected chi connectivity index (χ4v) is 4.47. The Kier molecular flexibility index (Phi) is 6.13. The quantitative estimate of drug-likeness (QED) is 0.792. The lowest BCUT2D eigenvalue weighted by molar-refractivity contribution is -0.192. The molecule has 166 valence electrons. The summed E-state index contributed by atoms with van der Waals surface area (Å²) in [6.07, 6.45) is 1.39. The van der Waals surface area contributed by atoms with Crippen LogP contribution in [0.5, 0.6) is 5.88 Å². The van der Waals surface area contributed by atoms with Crippen LogP contribution in [-0.2, 0) is 17.6 Å². The second kappa shape index (κ2) is 8.82. The Bertz CT molecular complexity index is 926. The molecule has 2 aromatic rings. The van der Waals surface area contributed by atoms with E-state index in [1.165, 1.54) is 56.3 Å². The Hall–Kier alpha value is -2.68. The number of carboxylic acids is 1. The number of rotatable bonds is 3. The highest BCUT2D eigenvalue weighted by Gasteiger charge is 2.38. The average molecular weight is 435 g/mol. The summed E-state index contributed by atoms with van der Waals surface area (Å²) < 4.78 is 37.9. The maximum absolute atomic E-state index is 10.6. The van der Waals surface area contributed by atoms with Gasteiger partial charge in [-0.05, 0) is 74.4 Å². The highest BCUT2D eigenvalue weighted by Crippen LogP contribution is 2.31. The number of alkyl halides is 3. The van der Waals surface area contributed by atoms with E-state index in [1.807, 2.05) is 12.1 Å². The minimum Gasteiger partial charge on any atom is -0.475 e. The number of hydrogen-bond acceptors (Lipinski definition) is 5. The van der Waals surface area contributed by atoms with Gasteiger partial charge in [0.1, 0.15) is 6.10 Å². The lowest BCUT2D eigenvalue weighted by atomic mass is 9.86. The number of ether oxygens (including phenoxy) is 1. The number of aromatic nitrogens is 2. The van der Waals surface area contributed by atoms with E-state index < -0.39 is 12.1 Å². The Morgan fingerprint density at radius 1 is 1.06 bits per heavy atom. The molecule has 3 saturated heterocycles. The second-order valence-electron chi connectivity index (χ2n) is 8.19. The first-order valence-corrected chi connectivity index (χ1v) is 10.4. The van der Waals surface area contributed by atoms with Gasteiger partial charge in [0.15, 0.2) is 0 Å². The number of halogens is 3. The van der Waals surface area contributed by atoms with E-state index in [1.54, 1.807) is 0 Å². The number of nitrogens with zero attached hydrogens (tertiary/aromatic N) is 3. The van der Waals surface area contributed by atoms with Crippen LogP contribution in [0.25, 0.3) is 11.3 Å². The Morgan fingerprint density at radius 2 is 1.77 bits per heavy atom. The van der Waals surface area contributed by atoms with Gasteiger partial charge >= 0.3 is 12.1 Å². The van der Waals surface area contributed by atoms with Gasteiger partial charge < -0.3 is 9.84 Å². The van der Waals surface area contributed by atoms with Gasteiger partial charge in [-0.2, -0.15) is 13.2 Å². The maximum Gasteiger partial charge on any atom is 0.490 e. The summed E-state index contributed by atoms with van der Waals surface area (Å²) in [6, 6.07) is 10.7. The van der Waals surface area contributed by atoms with Gasteiger partial charge in [-0.1, -0.05) is 12.1 Å². The van der Waals surface area contributed by atoms with E-state index in [0.717, 1.165) is 17.8 Å². The highest BCUT2D eigenvalue weighted by molar-refractivity contribution is 5.73. The monoisotopic (exact) mass is 435 g/mol. The number of carboxylic acid groups (broad SMARTS) is 1. The number of aliphatic carboxylic acids is 1. The van der Waals surface area contributed by atoms with Crippen LogP contribution in [0.2, 0.25) is 0 Å². The van der Waals surface area contributed by atoms with Gasteiger partial charge in [-0.3, -0.25) is 4.90 Å². The number of piperidine rings is 3. The molecular formula is C22H24F3N3O3. The van der Waals surface area contributed by atoms with Crippen molar-refractivity contribution in [2.45, 2.75) is 44.4 Å². The fraction of sp³-hybridized carbons (Fsp3) is 0.500. The minimum absolute atomic E-state index is 0.285. The van der Waals surface area contributed by atoms with Crippen LogP contribution >= 0.6 is 0 Å². The van der Waals surface area contributed by atoms with E-state index in [4.69, 9.17) is 14.6 Å². The third-order valence-corrected chi connectivity index (χ3v) is 6.15. The molecule has 1 aliphatic carbocycles. The number of aryl methyl sites for hydroxylation is 2. The summed E-state index contributed by atoms with van der Waals surface area (Å²) in [7, 11) is 0. The van der Waals surface area contributed by atoms with Crippen molar-refractivity contribution in [3.05, 3.63) is 41.5 Å². The molecule has 4 heterocycles. The number of fused-ring (bicyclic) bond motifs is 4. The van der Waals surface area contributed by atoms with Crippen molar-refractivity contribution in [2.75, 3.05) is 19.6 Å². The molecule has 6 nitrogen and oxygen atoms in total. The topological polar surface area (TPSA) is 75.6 Å². The van der Waals surface area contributed by atoms with E-state index in [2.05, 4.69) is 33.3 Å². The summed E-state index contributed by atoms with van der Waals surface area (Å²) in [5, 5.41) is 15.9. The lowest BCUT2D eigenvalue weighted by Gasteiger charge is -2.44. The van der Waals surface area contributed by atoms with E-state index >= 15 is 0 Å². The maximum atomic E-state index is 10.6. The molecule has 0 spiro atoms. The summed E-state index contributed by atoms with van der Waals surface area (Å²) in [6.45, 7) is 3.50. The molecular weight excluding hydrogens is 411 g/mol. The zero-order valence-electron chi connectivity index (χ0n) is 16.9. The number of hydrogen-bond donors (Lipinski definition) is 1. The van der Waals surface area contributed by atoms with Crippen LogP contribution in [0, 0.1) is 5.92 Å². The average Bonchev–Trinajstić information content (AvgIpc) is 3.23. The first-order valence-electron chi connectivity index (χ1n) is 10.4. The molecule has 0 saturated carbocycles. The Morgan fingerprint density at radius 3 is 2.35 bits per heavy atom. The van der Waals surface area contributed by atoms with Gasteiger partial charge in [-0.15, -0.1) is 10.2 Å². The van der Waals surface area contributed by atoms with Crippen molar-refractivity contribution in [2.24, 2.45) is 5.92 Å². The van der Waals surface area contributed by atoms with Crippen molar-refractivity contribution in [3.8, 4) is 17.1 Å². The molecule has 0 unspecified atom stereocenters. The van der Waals surface area contributed by atoms with Crippen molar-refractivity contribution < 1.29 is 27.8 Å². The zero-order valence-corrected chi connectivity index (χ0v) is 16.9. The normalized spacial score (nSPS) is 24.2. The third kappa shape index (κ3) is 5.15. The van der Waals surface area contributed by atoms with Crippen molar-refractivity contribution in [1.29, 1.82) is 0 Å². The largest absolute Gasteiger partial charge is 0.490 e. The van der Waals surface area contributed by atoms with E-state index in [9.17, 15) is 13.2 Å². The molecule has 0 radical (unpaired) electrons. The molecule has 31 heavy (non-hydrogen) atoms. The summed E-state index contributed by atoms with van der Waals surface area (Å²) in [4.78, 5) is 11.4. The molecule has 9 heteroatoms. The van der Waals surface area contributed by atoms with Crippen molar-refractivity contribution >= 4 is 5.97 Å². The van der Waals surface area contributed by atoms with Crippen LogP contribution in [0.4, 0.5) is 13.2 Å². The van der Waals surface area contributed by atoms with Crippen molar-refractivity contribution in [1.82, 2.24) is 15.1 Å². The molecule has 1 atom stereocenters. The summed E-state index contributed by atoms with van der Waals surface area (Å²) >= 11 is 0. The van der Waals surface area contributed by atoms with E-state index in [-0.39, 0.29) is 6.10 Å². The fourth-order valence-electron chi connectivity index (χ4n) is 4.47. The third-order valence-electron chi connectivity index (χ3n) is 6.15. The Balaban J connectivity index is 0.000000289. The van der Waals surface area contributed by atoms with Gasteiger partial charge in [0.2, 0.25) is 5.88 Å². The molecule has 6 rings (SSSR count). The van der Waals surface area contributed by atoms with Crippen LogP contribution in [0.3, 0.4) is 0 Å². The minimum atomic E-state index is -5.08. The van der Waals surface area contributed by atoms with Crippen LogP contribution in [-0.4, -0.2) is 58.1 Å². The molecule has 1 aromatic heterocycles. The van der Waals surface area contributed by atoms with Crippen LogP contribution in [0.15, 0.2) is 30.3 Å². The predicted molar refractivity (Wildman–Crippen MR) is 107 cm³/mol. The molecule has 1 aromatic carbocycles. The van der Waals surface area contributed by atoms with Gasteiger partial charge in [0.05, 0.1) is 5.69 Å². The first-order chi connectivity index (χ1) is 14.8. The molecule has 3 aliphatic heterocycles. The SMILES string of the molecule is O=C(O)C(F)(F)F.c1cc2c(cc1-c1ccc(O[C@H]3CN4CCC3CC4)nn1)CCC2. The first kappa shape index (κ1) is 21.5. The summed E-state index contributed by atoms with van der Waals surface area (Å²) in [5.41, 5.74) is 5.07. The van der Waals surface area contributed by atoms with Gasteiger partial charge in [0, 0.05) is 18.2 Å². The van der Waals surface area contributed by atoms with Gasteiger partial charge in [-0.25, -0.2) is 4.79 Å². The molecule has 1 N–H and O–H groups in total. The highest BCUT2D eigenvalue weighted by atomic mass is 19.4. The van der Waals surface area contributed by atoms with Crippen LogP contribution < -0.4 is 4.74 Å². The zero-order chi connectivity index (χ0) is 22.0. The van der Waals surface area contributed by atoms with E-state index in [0.29, 0.717) is 11.8 Å². The second-order valence-corrected chi connectivity index (χ2v) is 8.19. The standard InChI is InChI=1S/C20H23N3O.C2HF3O2/c1-2-14-4-5-17(12-16(14)3-1)18-6-7-20(22-21-18)24-19-13-23-10-8-15(19)9-11-23;3-2(4,5)1(6)7/h4-7,12,15,19H,1-3,8-11,13H2;(H,6,7)/t19-;/m0./s1. The number of carbonyl (C=O) groups is 1. The van der Waals surface area contributed by atoms with Gasteiger partial charge in [0.25, 0.3) is 0 Å². The van der Waals surface area contributed by atoms with Crippen molar-refractivity contribution in [3.63, 3.8) is 0 Å². The lowest BCUT2D eigenvalue weighted by Crippen LogP contribution is -2.52. The summed E-state index contributed by atoms with van der Waals surface area (Å²) in [5.74, 6) is -1.40. The molecule has 4 aliphatic rings. The number of benzene rings is 1. The Labute approximate surface area is 178 Å². The smallest absolute Gasteiger partial charge is 0.475 e.